The SMILES string of the molecule is CC1=C(C(=O)Nc2ccccc2C)[C@@H](c2ccc([N+](=O)[O-])cc2)C2=C(CC(C)(C)CC2=O)N1. The number of nitro groups is 1. The van der Waals surface area contributed by atoms with Crippen LogP contribution in [0.3, 0.4) is 0 Å². The third-order valence-electron chi connectivity index (χ3n) is 6.31. The average molecular weight is 446 g/mol. The highest BCUT2D eigenvalue weighted by atomic mass is 16.6. The summed E-state index contributed by atoms with van der Waals surface area (Å²) in [5.74, 6) is -0.915. The second kappa shape index (κ2) is 8.31. The fourth-order valence-electron chi connectivity index (χ4n) is 4.76. The van der Waals surface area contributed by atoms with Crippen molar-refractivity contribution < 1.29 is 14.5 Å². The molecular formula is C26H27N3O4. The van der Waals surface area contributed by atoms with Gasteiger partial charge in [0, 0.05) is 52.7 Å². The number of hydrogen-bond acceptors (Lipinski definition) is 5. The molecule has 0 aromatic heterocycles. The number of amides is 1. The van der Waals surface area contributed by atoms with Crippen LogP contribution in [-0.4, -0.2) is 16.6 Å². The molecule has 7 heteroatoms. The number of nitrogens with one attached hydrogen (secondary N) is 2. The molecule has 2 aromatic carbocycles. The lowest BCUT2D eigenvalue weighted by Gasteiger charge is -2.39. The first-order valence-electron chi connectivity index (χ1n) is 10.9. The van der Waals surface area contributed by atoms with E-state index in [1.807, 2.05) is 38.1 Å². The zero-order chi connectivity index (χ0) is 23.9. The summed E-state index contributed by atoms with van der Waals surface area (Å²) in [5.41, 5.74) is 4.59. The predicted octanol–water partition coefficient (Wildman–Crippen LogP) is 5.15. The van der Waals surface area contributed by atoms with Crippen LogP contribution in [0.2, 0.25) is 0 Å². The van der Waals surface area contributed by atoms with Gasteiger partial charge in [-0.2, -0.15) is 0 Å². The van der Waals surface area contributed by atoms with Crippen molar-refractivity contribution >= 4 is 23.1 Å². The van der Waals surface area contributed by atoms with Crippen molar-refractivity contribution in [1.82, 2.24) is 5.32 Å². The summed E-state index contributed by atoms with van der Waals surface area (Å²) >= 11 is 0. The van der Waals surface area contributed by atoms with E-state index in [0.29, 0.717) is 40.9 Å². The maximum absolute atomic E-state index is 13.5. The largest absolute Gasteiger partial charge is 0.362 e. The topological polar surface area (TPSA) is 101 Å². The maximum Gasteiger partial charge on any atom is 0.269 e. The molecule has 0 saturated carbocycles. The number of dihydropyridines is 1. The van der Waals surface area contributed by atoms with E-state index in [2.05, 4.69) is 24.5 Å². The summed E-state index contributed by atoms with van der Waals surface area (Å²) in [4.78, 5) is 37.6. The van der Waals surface area contributed by atoms with E-state index in [1.165, 1.54) is 12.1 Å². The molecule has 0 radical (unpaired) electrons. The van der Waals surface area contributed by atoms with Gasteiger partial charge in [-0.3, -0.25) is 19.7 Å². The molecular weight excluding hydrogens is 418 g/mol. The van der Waals surface area contributed by atoms with Crippen LogP contribution in [0.25, 0.3) is 0 Å². The number of carbonyl (C=O) groups excluding carboxylic acids is 2. The summed E-state index contributed by atoms with van der Waals surface area (Å²) in [6, 6.07) is 13.6. The summed E-state index contributed by atoms with van der Waals surface area (Å²) in [6.45, 7) is 7.85. The van der Waals surface area contributed by atoms with Gasteiger partial charge in [-0.25, -0.2) is 0 Å². The Morgan fingerprint density at radius 2 is 1.76 bits per heavy atom. The first-order chi connectivity index (χ1) is 15.6. The monoisotopic (exact) mass is 445 g/mol. The average Bonchev–Trinajstić information content (AvgIpc) is 2.73. The number of nitrogens with zero attached hydrogens (tertiary/aromatic N) is 1. The molecule has 1 aliphatic heterocycles. The van der Waals surface area contributed by atoms with Gasteiger partial charge >= 0.3 is 0 Å². The second-order valence-electron chi connectivity index (χ2n) is 9.55. The van der Waals surface area contributed by atoms with Gasteiger partial charge in [0.15, 0.2) is 5.78 Å². The lowest BCUT2D eigenvalue weighted by molar-refractivity contribution is -0.384. The minimum Gasteiger partial charge on any atom is -0.362 e. The number of ketones is 1. The van der Waals surface area contributed by atoms with Gasteiger partial charge in [-0.05, 0) is 42.9 Å². The Morgan fingerprint density at radius 1 is 1.09 bits per heavy atom. The zero-order valence-corrected chi connectivity index (χ0v) is 19.2. The van der Waals surface area contributed by atoms with Crippen molar-refractivity contribution in [3.8, 4) is 0 Å². The Kier molecular flexibility index (Phi) is 5.66. The number of non-ortho nitro benzene ring substituents is 1. The van der Waals surface area contributed by atoms with E-state index in [4.69, 9.17) is 0 Å². The number of hydrogen-bond donors (Lipinski definition) is 2. The number of Topliss-reactive ketones (excluding diaryl/α,β-unsaturated/α-hetero) is 1. The molecule has 33 heavy (non-hydrogen) atoms. The summed E-state index contributed by atoms with van der Waals surface area (Å²) in [7, 11) is 0. The van der Waals surface area contributed by atoms with E-state index < -0.39 is 10.8 Å². The van der Waals surface area contributed by atoms with Crippen LogP contribution in [0.5, 0.6) is 0 Å². The van der Waals surface area contributed by atoms with E-state index in [1.54, 1.807) is 12.1 Å². The standard InChI is InChI=1S/C26H27N3O4/c1-15-7-5-6-8-19(15)28-25(31)22-16(2)27-20-13-26(3,4)14-21(30)24(20)23(22)17-9-11-18(12-10-17)29(32)33/h5-12,23,27H,13-14H2,1-4H3,(H,28,31)/t23-/m1/s1. The first kappa shape index (κ1) is 22.5. The molecule has 2 N–H and O–H groups in total. The van der Waals surface area contributed by atoms with Crippen LogP contribution in [0.15, 0.2) is 71.1 Å². The number of anilines is 1. The highest BCUT2D eigenvalue weighted by Gasteiger charge is 2.42. The number of nitro benzene ring substituents is 1. The molecule has 1 aliphatic carbocycles. The summed E-state index contributed by atoms with van der Waals surface area (Å²) < 4.78 is 0. The Hall–Kier alpha value is -3.74. The van der Waals surface area contributed by atoms with Gasteiger partial charge in [0.1, 0.15) is 0 Å². The fourth-order valence-corrected chi connectivity index (χ4v) is 4.76. The van der Waals surface area contributed by atoms with E-state index in [9.17, 15) is 19.7 Å². The van der Waals surface area contributed by atoms with Crippen molar-refractivity contribution in [3.05, 3.63) is 92.3 Å². The molecule has 7 nitrogen and oxygen atoms in total. The van der Waals surface area contributed by atoms with Crippen molar-refractivity contribution in [2.24, 2.45) is 5.41 Å². The molecule has 1 atom stereocenters. The van der Waals surface area contributed by atoms with Gasteiger partial charge in [0.05, 0.1) is 4.92 Å². The molecule has 1 amide bonds. The quantitative estimate of drug-likeness (QED) is 0.501. The summed E-state index contributed by atoms with van der Waals surface area (Å²) in [5, 5.41) is 17.5. The van der Waals surface area contributed by atoms with Crippen LogP contribution < -0.4 is 10.6 Å². The van der Waals surface area contributed by atoms with Crippen LogP contribution in [0.4, 0.5) is 11.4 Å². The smallest absolute Gasteiger partial charge is 0.269 e. The number of para-hydroxylation sites is 1. The molecule has 0 spiro atoms. The molecule has 2 aromatic rings. The molecule has 0 unspecified atom stereocenters. The van der Waals surface area contributed by atoms with E-state index in [-0.39, 0.29) is 22.8 Å². The van der Waals surface area contributed by atoms with Crippen molar-refractivity contribution in [3.63, 3.8) is 0 Å². The molecule has 2 aliphatic rings. The molecule has 170 valence electrons. The normalized spacial score (nSPS) is 19.6. The molecule has 1 heterocycles. The van der Waals surface area contributed by atoms with E-state index in [0.717, 1.165) is 11.3 Å². The van der Waals surface area contributed by atoms with Crippen molar-refractivity contribution in [2.45, 2.75) is 46.5 Å². The van der Waals surface area contributed by atoms with Crippen LogP contribution >= 0.6 is 0 Å². The zero-order valence-electron chi connectivity index (χ0n) is 19.2. The number of aryl methyl sites for hydroxylation is 1. The second-order valence-corrected chi connectivity index (χ2v) is 9.55. The van der Waals surface area contributed by atoms with Crippen LogP contribution in [0, 0.1) is 22.5 Å². The van der Waals surface area contributed by atoms with E-state index >= 15 is 0 Å². The Bertz CT molecular complexity index is 1220. The summed E-state index contributed by atoms with van der Waals surface area (Å²) in [6.07, 6.45) is 1.06. The number of allylic oxidation sites excluding steroid dienone is 3. The molecule has 4 rings (SSSR count). The predicted molar refractivity (Wildman–Crippen MR) is 127 cm³/mol. The van der Waals surface area contributed by atoms with Gasteiger partial charge < -0.3 is 10.6 Å². The van der Waals surface area contributed by atoms with Gasteiger partial charge in [-0.1, -0.05) is 44.2 Å². The van der Waals surface area contributed by atoms with Crippen LogP contribution in [0.1, 0.15) is 50.7 Å². The molecule has 0 saturated heterocycles. The highest BCUT2D eigenvalue weighted by molar-refractivity contribution is 6.10. The Balaban J connectivity index is 1.82. The highest BCUT2D eigenvalue weighted by Crippen LogP contribution is 2.47. The first-order valence-corrected chi connectivity index (χ1v) is 10.9. The molecule has 0 fully saturated rings. The lowest BCUT2D eigenvalue weighted by atomic mass is 9.68. The van der Waals surface area contributed by atoms with Gasteiger partial charge in [-0.15, -0.1) is 0 Å². The third kappa shape index (κ3) is 4.31. The maximum atomic E-state index is 13.5. The van der Waals surface area contributed by atoms with Crippen LogP contribution in [-0.2, 0) is 9.59 Å². The number of carbonyl (C=O) groups is 2. The molecule has 0 bridgehead atoms. The minimum absolute atomic E-state index is 0.00852. The lowest BCUT2D eigenvalue weighted by Crippen LogP contribution is -2.39. The Morgan fingerprint density at radius 3 is 2.39 bits per heavy atom. The number of benzene rings is 2. The third-order valence-corrected chi connectivity index (χ3v) is 6.31. The number of rotatable bonds is 4. The van der Waals surface area contributed by atoms with Crippen molar-refractivity contribution in [2.75, 3.05) is 5.32 Å². The minimum atomic E-state index is -0.602. The van der Waals surface area contributed by atoms with Gasteiger partial charge in [0.2, 0.25) is 0 Å². The van der Waals surface area contributed by atoms with Crippen molar-refractivity contribution in [1.29, 1.82) is 0 Å². The Labute approximate surface area is 192 Å². The fraction of sp³-hybridized carbons (Fsp3) is 0.308. The van der Waals surface area contributed by atoms with Gasteiger partial charge in [0.25, 0.3) is 11.6 Å².